The van der Waals surface area contributed by atoms with Crippen LogP contribution < -0.4 is 10.9 Å². The number of halogens is 1. The average Bonchev–Trinajstić information content (AvgIpc) is 2.90. The molecule has 1 heterocycles. The van der Waals surface area contributed by atoms with Crippen LogP contribution in [0, 0.1) is 6.92 Å². The molecule has 126 valence electrons. The molecule has 0 bridgehead atoms. The summed E-state index contributed by atoms with van der Waals surface area (Å²) in [4.78, 5) is 24.7. The second-order valence-electron chi connectivity index (χ2n) is 5.20. The Kier molecular flexibility index (Phi) is 4.76. The molecule has 0 aliphatic heterocycles. The Hall–Kier alpha value is -3.19. The Balaban J connectivity index is 1.84. The summed E-state index contributed by atoms with van der Waals surface area (Å²) < 4.78 is 0.850. The maximum atomic E-state index is 12.4. The van der Waals surface area contributed by atoms with Crippen molar-refractivity contribution in [2.75, 3.05) is 5.32 Å². The molecule has 2 N–H and O–H groups in total. The van der Waals surface area contributed by atoms with E-state index in [-0.39, 0.29) is 5.69 Å². The lowest BCUT2D eigenvalue weighted by Gasteiger charge is -2.04. The first kappa shape index (κ1) is 16.7. The van der Waals surface area contributed by atoms with Crippen LogP contribution in [0.1, 0.15) is 5.69 Å². The van der Waals surface area contributed by atoms with Crippen molar-refractivity contribution in [3.05, 3.63) is 75.7 Å². The molecule has 0 saturated heterocycles. The monoisotopic (exact) mass is 355 g/mol. The summed E-state index contributed by atoms with van der Waals surface area (Å²) in [7, 11) is 0. The Morgan fingerprint density at radius 1 is 1.08 bits per heavy atom. The molecule has 0 atom stereocenters. The molecule has 0 saturated carbocycles. The van der Waals surface area contributed by atoms with Crippen LogP contribution in [0.4, 0.5) is 21.9 Å². The van der Waals surface area contributed by atoms with E-state index in [0.29, 0.717) is 22.1 Å². The SMILES string of the molecule is Cc1[nH]n(C(=O)Nc2ccc(Cl)cc2)c(=O)c1N=Nc1ccccc1. The molecule has 25 heavy (non-hydrogen) atoms. The van der Waals surface area contributed by atoms with Gasteiger partial charge in [0, 0.05) is 10.7 Å². The third kappa shape index (κ3) is 3.84. The smallest absolute Gasteiger partial charge is 0.306 e. The van der Waals surface area contributed by atoms with Crippen molar-refractivity contribution >= 4 is 34.7 Å². The number of amides is 1. The fourth-order valence-corrected chi connectivity index (χ4v) is 2.24. The summed E-state index contributed by atoms with van der Waals surface area (Å²) in [6.45, 7) is 1.65. The number of aromatic nitrogens is 2. The summed E-state index contributed by atoms with van der Waals surface area (Å²) >= 11 is 5.80. The van der Waals surface area contributed by atoms with Crippen molar-refractivity contribution in [3.8, 4) is 0 Å². The van der Waals surface area contributed by atoms with E-state index < -0.39 is 11.6 Å². The van der Waals surface area contributed by atoms with Crippen molar-refractivity contribution < 1.29 is 4.79 Å². The number of aryl methyl sites for hydroxylation is 1. The van der Waals surface area contributed by atoms with Crippen molar-refractivity contribution in [1.82, 2.24) is 9.78 Å². The predicted octanol–water partition coefficient (Wildman–Crippen LogP) is 4.63. The Bertz CT molecular complexity index is 975. The lowest BCUT2D eigenvalue weighted by molar-refractivity contribution is 0.250. The quantitative estimate of drug-likeness (QED) is 0.670. The fourth-order valence-electron chi connectivity index (χ4n) is 2.11. The van der Waals surface area contributed by atoms with Gasteiger partial charge in [-0.25, -0.2) is 4.79 Å². The van der Waals surface area contributed by atoms with E-state index in [9.17, 15) is 9.59 Å². The molecule has 0 spiro atoms. The third-order valence-electron chi connectivity index (χ3n) is 3.36. The van der Waals surface area contributed by atoms with Gasteiger partial charge in [0.05, 0.1) is 11.4 Å². The number of nitrogens with one attached hydrogen (secondary N) is 2. The van der Waals surface area contributed by atoms with E-state index in [0.717, 1.165) is 4.68 Å². The maximum Gasteiger partial charge on any atom is 0.348 e. The van der Waals surface area contributed by atoms with E-state index in [4.69, 9.17) is 11.6 Å². The number of H-pyrrole nitrogens is 1. The first-order valence-electron chi connectivity index (χ1n) is 7.40. The molecule has 0 aliphatic carbocycles. The Labute approximate surface area is 148 Å². The van der Waals surface area contributed by atoms with Gasteiger partial charge in [-0.3, -0.25) is 9.89 Å². The van der Waals surface area contributed by atoms with Crippen LogP contribution in [0.3, 0.4) is 0 Å². The van der Waals surface area contributed by atoms with Gasteiger partial charge in [-0.05, 0) is 43.3 Å². The van der Waals surface area contributed by atoms with Gasteiger partial charge in [0.1, 0.15) is 0 Å². The van der Waals surface area contributed by atoms with Gasteiger partial charge >= 0.3 is 11.6 Å². The van der Waals surface area contributed by atoms with Crippen molar-refractivity contribution in [3.63, 3.8) is 0 Å². The minimum atomic E-state index is -0.628. The van der Waals surface area contributed by atoms with Crippen LogP contribution >= 0.6 is 11.6 Å². The highest BCUT2D eigenvalue weighted by molar-refractivity contribution is 6.30. The Morgan fingerprint density at radius 2 is 1.76 bits per heavy atom. The van der Waals surface area contributed by atoms with E-state index in [1.54, 1.807) is 43.3 Å². The van der Waals surface area contributed by atoms with Crippen molar-refractivity contribution in [2.24, 2.45) is 10.2 Å². The molecule has 0 aliphatic rings. The van der Waals surface area contributed by atoms with Gasteiger partial charge in [0.15, 0.2) is 5.69 Å². The fraction of sp³-hybridized carbons (Fsp3) is 0.0588. The minimum absolute atomic E-state index is 0.0788. The zero-order valence-corrected chi connectivity index (χ0v) is 14.0. The average molecular weight is 356 g/mol. The number of nitrogens with zero attached hydrogens (tertiary/aromatic N) is 3. The molecule has 1 aromatic heterocycles. The number of azo groups is 1. The molecule has 0 unspecified atom stereocenters. The van der Waals surface area contributed by atoms with Gasteiger partial charge in [0.25, 0.3) is 0 Å². The highest BCUT2D eigenvalue weighted by atomic mass is 35.5. The number of benzene rings is 2. The molecule has 0 radical (unpaired) electrons. The largest absolute Gasteiger partial charge is 0.348 e. The Morgan fingerprint density at radius 3 is 2.44 bits per heavy atom. The van der Waals surface area contributed by atoms with E-state index in [1.807, 2.05) is 18.2 Å². The van der Waals surface area contributed by atoms with Crippen LogP contribution in [0.5, 0.6) is 0 Å². The molecule has 7 nitrogen and oxygen atoms in total. The van der Waals surface area contributed by atoms with Crippen molar-refractivity contribution in [2.45, 2.75) is 6.92 Å². The number of hydrogen-bond donors (Lipinski definition) is 2. The van der Waals surface area contributed by atoms with Crippen LogP contribution in [-0.4, -0.2) is 15.8 Å². The second kappa shape index (κ2) is 7.14. The first-order chi connectivity index (χ1) is 12.0. The lowest BCUT2D eigenvalue weighted by atomic mass is 10.3. The summed E-state index contributed by atoms with van der Waals surface area (Å²) in [5, 5.41) is 13.8. The van der Waals surface area contributed by atoms with Gasteiger partial charge in [-0.1, -0.05) is 29.8 Å². The van der Waals surface area contributed by atoms with Crippen molar-refractivity contribution in [1.29, 1.82) is 0 Å². The van der Waals surface area contributed by atoms with E-state index in [1.165, 1.54) is 0 Å². The topological polar surface area (TPSA) is 91.6 Å². The highest BCUT2D eigenvalue weighted by Crippen LogP contribution is 2.17. The third-order valence-corrected chi connectivity index (χ3v) is 3.61. The molecule has 3 rings (SSSR count). The molecule has 0 fully saturated rings. The van der Waals surface area contributed by atoms with Gasteiger partial charge in [-0.2, -0.15) is 9.80 Å². The van der Waals surface area contributed by atoms with Gasteiger partial charge in [-0.15, -0.1) is 5.11 Å². The minimum Gasteiger partial charge on any atom is -0.306 e. The maximum absolute atomic E-state index is 12.4. The molecule has 2 aromatic carbocycles. The van der Waals surface area contributed by atoms with Crippen LogP contribution in [0.15, 0.2) is 69.6 Å². The number of carbonyl (C=O) groups excluding carboxylic acids is 1. The summed E-state index contributed by atoms with van der Waals surface area (Å²) in [6.07, 6.45) is 0. The highest BCUT2D eigenvalue weighted by Gasteiger charge is 2.16. The molecular weight excluding hydrogens is 342 g/mol. The molecule has 8 heteroatoms. The summed E-state index contributed by atoms with van der Waals surface area (Å²) in [6, 6.07) is 14.9. The number of rotatable bonds is 3. The summed E-state index contributed by atoms with van der Waals surface area (Å²) in [5.74, 6) is 0. The van der Waals surface area contributed by atoms with Crippen LogP contribution in [-0.2, 0) is 0 Å². The molecule has 1 amide bonds. The number of aromatic amines is 1. The number of anilines is 1. The molecular formula is C17H14ClN5O2. The first-order valence-corrected chi connectivity index (χ1v) is 7.78. The standard InChI is InChI=1S/C17H14ClN5O2/c1-11-15(21-20-14-5-3-2-4-6-14)16(24)23(22-11)17(25)19-13-9-7-12(18)8-10-13/h2-10,22H,1H3,(H,19,25). The number of carbonyl (C=O) groups is 1. The number of hydrogen-bond acceptors (Lipinski definition) is 4. The zero-order valence-electron chi connectivity index (χ0n) is 13.2. The molecule has 3 aromatic rings. The van der Waals surface area contributed by atoms with E-state index in [2.05, 4.69) is 20.6 Å². The van der Waals surface area contributed by atoms with E-state index >= 15 is 0 Å². The van der Waals surface area contributed by atoms with Crippen LogP contribution in [0.2, 0.25) is 5.02 Å². The summed E-state index contributed by atoms with van der Waals surface area (Å²) in [5.41, 5.74) is 1.07. The second-order valence-corrected chi connectivity index (χ2v) is 5.64. The zero-order chi connectivity index (χ0) is 17.8. The van der Waals surface area contributed by atoms with Gasteiger partial charge < -0.3 is 5.32 Å². The van der Waals surface area contributed by atoms with Gasteiger partial charge in [0.2, 0.25) is 0 Å². The van der Waals surface area contributed by atoms with Crippen LogP contribution in [0.25, 0.3) is 0 Å². The normalized spacial score (nSPS) is 11.0. The predicted molar refractivity (Wildman–Crippen MR) is 96.3 cm³/mol. The lowest BCUT2D eigenvalue weighted by Crippen LogP contribution is -2.29.